The van der Waals surface area contributed by atoms with Crippen molar-refractivity contribution in [1.29, 1.82) is 0 Å². The fourth-order valence-electron chi connectivity index (χ4n) is 2.35. The molecule has 0 radical (unpaired) electrons. The van der Waals surface area contributed by atoms with E-state index in [1.807, 2.05) is 20.8 Å². The van der Waals surface area contributed by atoms with Crippen LogP contribution in [0.4, 0.5) is 0 Å². The molecular formula is C15H33NO3Si. The summed E-state index contributed by atoms with van der Waals surface area (Å²) >= 11 is 0. The molecule has 20 heavy (non-hydrogen) atoms. The summed E-state index contributed by atoms with van der Waals surface area (Å²) in [5, 5.41) is 0. The fourth-order valence-corrected chi connectivity index (χ4v) is 5.26. The van der Waals surface area contributed by atoms with Crippen molar-refractivity contribution >= 4 is 14.5 Å². The molecule has 0 bridgehead atoms. The van der Waals surface area contributed by atoms with Gasteiger partial charge < -0.3 is 13.3 Å². The minimum absolute atomic E-state index is 0.00102. The van der Waals surface area contributed by atoms with Gasteiger partial charge in [0.1, 0.15) is 5.67 Å². The molecule has 4 nitrogen and oxygen atoms in total. The minimum Gasteiger partial charge on any atom is -0.373 e. The Kier molecular flexibility index (Phi) is 10.4. The van der Waals surface area contributed by atoms with Crippen LogP contribution in [0.1, 0.15) is 61.3 Å². The summed E-state index contributed by atoms with van der Waals surface area (Å²) in [6.07, 6.45) is 1.88. The van der Waals surface area contributed by atoms with Gasteiger partial charge in [0.2, 0.25) is 0 Å². The molecule has 5 heteroatoms. The Hall–Kier alpha value is -0.233. The third-order valence-corrected chi connectivity index (χ3v) is 6.34. The minimum atomic E-state index is -2.73. The zero-order valence-electron chi connectivity index (χ0n) is 14.4. The maximum atomic E-state index is 5.96. The Morgan fingerprint density at radius 2 is 1.40 bits per heavy atom. The van der Waals surface area contributed by atoms with E-state index in [9.17, 15) is 0 Å². The first-order chi connectivity index (χ1) is 9.45. The van der Waals surface area contributed by atoms with Crippen molar-refractivity contribution in [2.24, 2.45) is 10.9 Å². The Balaban J connectivity index is 5.23. The molecule has 0 spiro atoms. The number of nitrogens with zero attached hydrogens (tertiary/aromatic N) is 1. The summed E-state index contributed by atoms with van der Waals surface area (Å²) in [5.74, 6) is 0.610. The molecule has 0 aliphatic carbocycles. The lowest BCUT2D eigenvalue weighted by Gasteiger charge is -2.33. The van der Waals surface area contributed by atoms with Gasteiger partial charge in [-0.2, -0.15) is 0 Å². The normalized spacial score (nSPS) is 14.9. The zero-order chi connectivity index (χ0) is 15.6. The van der Waals surface area contributed by atoms with Crippen LogP contribution in [0.5, 0.6) is 0 Å². The van der Waals surface area contributed by atoms with Gasteiger partial charge in [0.25, 0.3) is 0 Å². The number of hydrogen-bond donors (Lipinski definition) is 0. The molecule has 0 aromatic heterocycles. The highest BCUT2D eigenvalue weighted by molar-refractivity contribution is 6.62. The van der Waals surface area contributed by atoms with Crippen LogP contribution in [0.3, 0.4) is 0 Å². The van der Waals surface area contributed by atoms with E-state index >= 15 is 0 Å². The van der Waals surface area contributed by atoms with Crippen molar-refractivity contribution < 1.29 is 13.3 Å². The molecule has 1 unspecified atom stereocenters. The van der Waals surface area contributed by atoms with Crippen LogP contribution in [0.25, 0.3) is 0 Å². The second kappa shape index (κ2) is 10.5. The van der Waals surface area contributed by atoms with Gasteiger partial charge in [-0.3, -0.25) is 4.99 Å². The molecular weight excluding hydrogens is 270 g/mol. The first-order valence-corrected chi connectivity index (χ1v) is 9.70. The monoisotopic (exact) mass is 303 g/mol. The first kappa shape index (κ1) is 19.8. The van der Waals surface area contributed by atoms with E-state index in [-0.39, 0.29) is 5.67 Å². The molecule has 0 saturated heterocycles. The van der Waals surface area contributed by atoms with Crippen molar-refractivity contribution in [2.75, 3.05) is 19.8 Å². The summed E-state index contributed by atoms with van der Waals surface area (Å²) < 4.78 is 17.9. The predicted octanol–water partition coefficient (Wildman–Crippen LogP) is 3.86. The van der Waals surface area contributed by atoms with Gasteiger partial charge in [0.15, 0.2) is 0 Å². The lowest BCUT2D eigenvalue weighted by Crippen LogP contribution is -2.56. The summed E-state index contributed by atoms with van der Waals surface area (Å²) in [7, 11) is -2.73. The van der Waals surface area contributed by atoms with E-state index < -0.39 is 8.80 Å². The summed E-state index contributed by atoms with van der Waals surface area (Å²) in [6.45, 7) is 16.4. The van der Waals surface area contributed by atoms with Crippen molar-refractivity contribution in [3.05, 3.63) is 0 Å². The van der Waals surface area contributed by atoms with Crippen molar-refractivity contribution in [1.82, 2.24) is 0 Å². The van der Waals surface area contributed by atoms with Gasteiger partial charge in [-0.05, 0) is 46.5 Å². The third-order valence-electron chi connectivity index (χ3n) is 2.91. The molecule has 0 aliphatic rings. The van der Waals surface area contributed by atoms with E-state index in [0.29, 0.717) is 25.7 Å². The van der Waals surface area contributed by atoms with Gasteiger partial charge in [0, 0.05) is 25.5 Å². The van der Waals surface area contributed by atoms with Crippen molar-refractivity contribution in [2.45, 2.75) is 67.0 Å². The van der Waals surface area contributed by atoms with Gasteiger partial charge in [-0.1, -0.05) is 20.8 Å². The average Bonchev–Trinajstić information content (AvgIpc) is 2.35. The fraction of sp³-hybridized carbons (Fsp3) is 0.933. The van der Waals surface area contributed by atoms with Gasteiger partial charge >= 0.3 is 8.80 Å². The number of rotatable bonds is 11. The Bertz CT molecular complexity index is 265. The molecule has 0 amide bonds. The highest BCUT2D eigenvalue weighted by atomic mass is 28.4. The topological polar surface area (TPSA) is 40.0 Å². The zero-order valence-corrected chi connectivity index (χ0v) is 15.4. The van der Waals surface area contributed by atoms with Crippen LogP contribution in [-0.2, 0) is 13.3 Å². The Morgan fingerprint density at radius 3 is 1.70 bits per heavy atom. The summed E-state index contributed by atoms with van der Waals surface area (Å²) in [5.41, 5.74) is 1.16. The maximum absolute atomic E-state index is 5.96. The van der Waals surface area contributed by atoms with Crippen molar-refractivity contribution in [3.8, 4) is 0 Å². The largest absolute Gasteiger partial charge is 0.526 e. The number of aliphatic imine (C=N–C) groups is 1. The van der Waals surface area contributed by atoms with Gasteiger partial charge in [0.05, 0.1) is 0 Å². The second-order valence-electron chi connectivity index (χ2n) is 5.29. The van der Waals surface area contributed by atoms with Gasteiger partial charge in [-0.15, -0.1) is 0 Å². The lowest BCUT2D eigenvalue weighted by molar-refractivity contribution is 0.0620. The van der Waals surface area contributed by atoms with Crippen LogP contribution in [0.15, 0.2) is 4.99 Å². The van der Waals surface area contributed by atoms with Crippen molar-refractivity contribution in [3.63, 3.8) is 0 Å². The Morgan fingerprint density at radius 1 is 0.950 bits per heavy atom. The predicted molar refractivity (Wildman–Crippen MR) is 87.3 cm³/mol. The summed E-state index contributed by atoms with van der Waals surface area (Å²) in [4.78, 5) is 4.87. The van der Waals surface area contributed by atoms with Crippen LogP contribution >= 0.6 is 0 Å². The van der Waals surface area contributed by atoms with E-state index in [1.165, 1.54) is 0 Å². The van der Waals surface area contributed by atoms with Crippen LogP contribution in [0.2, 0.25) is 0 Å². The highest BCUT2D eigenvalue weighted by Crippen LogP contribution is 2.21. The van der Waals surface area contributed by atoms with E-state index in [1.54, 1.807) is 0 Å². The Labute approximate surface area is 126 Å². The average molecular weight is 304 g/mol. The smallest absolute Gasteiger partial charge is 0.373 e. The lowest BCUT2D eigenvalue weighted by atomic mass is 10.1. The van der Waals surface area contributed by atoms with Crippen LogP contribution < -0.4 is 0 Å². The summed E-state index contributed by atoms with van der Waals surface area (Å²) in [6, 6.07) is 0. The van der Waals surface area contributed by atoms with Gasteiger partial charge in [-0.25, -0.2) is 0 Å². The molecule has 120 valence electrons. The van der Waals surface area contributed by atoms with Crippen LogP contribution in [0, 0.1) is 5.92 Å². The molecule has 0 aromatic carbocycles. The molecule has 1 atom stereocenters. The molecule has 0 fully saturated rings. The van der Waals surface area contributed by atoms with E-state index in [2.05, 4.69) is 27.7 Å². The quantitative estimate of drug-likeness (QED) is 0.430. The molecule has 0 aromatic rings. The molecule has 0 saturated carbocycles. The molecule has 0 N–H and O–H groups in total. The molecule has 0 aliphatic heterocycles. The van der Waals surface area contributed by atoms with E-state index in [0.717, 1.165) is 18.6 Å². The second-order valence-corrected chi connectivity index (χ2v) is 8.03. The van der Waals surface area contributed by atoms with Crippen LogP contribution in [-0.4, -0.2) is 40.0 Å². The standard InChI is InChI=1S/C15H33NO3Si/c1-8-15(16-14(7)12-13(5)6)20(17-9-2,18-10-3)19-11-4/h13,15H,8-12H2,1-7H3/b16-14-. The maximum Gasteiger partial charge on any atom is 0.526 e. The first-order valence-electron chi connectivity index (χ1n) is 7.90. The SMILES string of the molecule is CCO[Si](OCC)(OCC)C(CC)/N=C(/C)CC(C)C. The highest BCUT2D eigenvalue weighted by Gasteiger charge is 2.48. The number of hydrogen-bond acceptors (Lipinski definition) is 4. The third kappa shape index (κ3) is 6.48. The molecule has 0 heterocycles. The molecule has 0 rings (SSSR count). The van der Waals surface area contributed by atoms with E-state index in [4.69, 9.17) is 18.3 Å².